The summed E-state index contributed by atoms with van der Waals surface area (Å²) in [7, 11) is 0. The molecule has 12 heteroatoms. The SMILES string of the molecule is O=C(O)c1ccc(NC(=O)C(F)(F)C(F)(F)OC(F)(F)F)cc1. The number of halogens is 7. The van der Waals surface area contributed by atoms with Gasteiger partial charge in [-0.05, 0) is 24.3 Å². The van der Waals surface area contributed by atoms with Crippen LogP contribution in [0.1, 0.15) is 10.4 Å². The average Bonchev–Trinajstić information content (AvgIpc) is 2.36. The number of carboxylic acid groups (broad SMARTS) is 1. The highest BCUT2D eigenvalue weighted by Crippen LogP contribution is 2.40. The Kier molecular flexibility index (Phi) is 4.89. The molecule has 0 bridgehead atoms. The number of aromatic carboxylic acids is 1. The number of rotatable bonds is 5. The Bertz CT molecular complexity index is 597. The van der Waals surface area contributed by atoms with Gasteiger partial charge in [0.05, 0.1) is 5.56 Å². The van der Waals surface area contributed by atoms with Gasteiger partial charge in [0.1, 0.15) is 0 Å². The third kappa shape index (κ3) is 4.55. The Hall–Kier alpha value is -2.37. The van der Waals surface area contributed by atoms with Crippen LogP contribution in [-0.2, 0) is 9.53 Å². The first-order valence-electron chi connectivity index (χ1n) is 5.43. The van der Waals surface area contributed by atoms with Gasteiger partial charge in [-0.25, -0.2) is 9.53 Å². The van der Waals surface area contributed by atoms with E-state index in [4.69, 9.17) is 5.11 Å². The molecule has 128 valence electrons. The molecule has 1 aromatic rings. The van der Waals surface area contributed by atoms with Crippen molar-refractivity contribution in [1.82, 2.24) is 0 Å². The molecule has 1 amide bonds. The van der Waals surface area contributed by atoms with Gasteiger partial charge in [-0.2, -0.15) is 17.6 Å². The number of amides is 1. The van der Waals surface area contributed by atoms with Crippen LogP contribution in [0.3, 0.4) is 0 Å². The molecule has 0 unspecified atom stereocenters. The maximum absolute atomic E-state index is 13.1. The van der Waals surface area contributed by atoms with Crippen LogP contribution in [0, 0.1) is 0 Å². The maximum atomic E-state index is 13.1. The van der Waals surface area contributed by atoms with Gasteiger partial charge in [-0.3, -0.25) is 4.79 Å². The van der Waals surface area contributed by atoms with Gasteiger partial charge in [-0.1, -0.05) is 0 Å². The fraction of sp³-hybridized carbons (Fsp3) is 0.273. The number of nitrogens with one attached hydrogen (secondary N) is 1. The number of carbonyl (C=O) groups is 2. The lowest BCUT2D eigenvalue weighted by Crippen LogP contribution is -2.53. The fourth-order valence-electron chi connectivity index (χ4n) is 1.25. The van der Waals surface area contributed by atoms with Crippen LogP contribution in [0.25, 0.3) is 0 Å². The summed E-state index contributed by atoms with van der Waals surface area (Å²) in [6.45, 7) is 0. The predicted molar refractivity (Wildman–Crippen MR) is 59.1 cm³/mol. The lowest BCUT2D eigenvalue weighted by Gasteiger charge is -2.25. The van der Waals surface area contributed by atoms with E-state index in [-0.39, 0.29) is 5.56 Å². The second-order valence-electron chi connectivity index (χ2n) is 3.98. The topological polar surface area (TPSA) is 75.6 Å². The van der Waals surface area contributed by atoms with Gasteiger partial charge >= 0.3 is 30.3 Å². The highest BCUT2D eigenvalue weighted by Gasteiger charge is 2.67. The molecule has 1 rings (SSSR count). The second kappa shape index (κ2) is 6.02. The summed E-state index contributed by atoms with van der Waals surface area (Å²) in [6, 6.07) is 3.25. The van der Waals surface area contributed by atoms with Crippen LogP contribution in [0.4, 0.5) is 36.4 Å². The first-order valence-corrected chi connectivity index (χ1v) is 5.43. The van der Waals surface area contributed by atoms with E-state index in [1.165, 1.54) is 5.32 Å². The van der Waals surface area contributed by atoms with Crippen molar-refractivity contribution in [3.8, 4) is 0 Å². The summed E-state index contributed by atoms with van der Waals surface area (Å²) in [6.07, 6.45) is -12.2. The van der Waals surface area contributed by atoms with Crippen molar-refractivity contribution in [1.29, 1.82) is 0 Å². The Morgan fingerprint density at radius 1 is 0.957 bits per heavy atom. The minimum atomic E-state index is -6.14. The molecule has 0 aliphatic rings. The van der Waals surface area contributed by atoms with Gasteiger partial charge in [0.15, 0.2) is 0 Å². The van der Waals surface area contributed by atoms with E-state index in [0.717, 1.165) is 24.3 Å². The smallest absolute Gasteiger partial charge is 0.478 e. The quantitative estimate of drug-likeness (QED) is 0.801. The lowest BCUT2D eigenvalue weighted by atomic mass is 10.2. The standard InChI is InChI=1S/C11H6F7NO4/c12-9(13,10(14,15)23-11(16,17)18)8(22)19-6-3-1-5(2-4-6)7(20)21/h1-4H,(H,19,22)(H,20,21). The largest absolute Gasteiger partial charge is 0.527 e. The van der Waals surface area contributed by atoms with Crippen molar-refractivity contribution in [2.24, 2.45) is 0 Å². The zero-order chi connectivity index (χ0) is 18.1. The molecule has 0 aliphatic carbocycles. The number of hydrogen-bond acceptors (Lipinski definition) is 3. The third-order valence-electron chi connectivity index (χ3n) is 2.28. The van der Waals surface area contributed by atoms with Crippen LogP contribution < -0.4 is 5.32 Å². The van der Waals surface area contributed by atoms with Gasteiger partial charge in [0.2, 0.25) is 0 Å². The minimum absolute atomic E-state index is 0.305. The van der Waals surface area contributed by atoms with E-state index in [2.05, 4.69) is 0 Å². The first kappa shape index (κ1) is 18.7. The van der Waals surface area contributed by atoms with Crippen LogP contribution in [0.5, 0.6) is 0 Å². The number of ether oxygens (including phenoxy) is 1. The highest BCUT2D eigenvalue weighted by molar-refractivity contribution is 5.97. The highest BCUT2D eigenvalue weighted by atomic mass is 19.4. The number of carbonyl (C=O) groups excluding carboxylic acids is 1. The lowest BCUT2D eigenvalue weighted by molar-refractivity contribution is -0.457. The molecule has 0 radical (unpaired) electrons. The predicted octanol–water partition coefficient (Wildman–Crippen LogP) is 3.09. The summed E-state index contributed by atoms with van der Waals surface area (Å²) < 4.78 is 88.8. The second-order valence-corrected chi connectivity index (χ2v) is 3.98. The molecule has 23 heavy (non-hydrogen) atoms. The maximum Gasteiger partial charge on any atom is 0.527 e. The molecular weight excluding hydrogens is 343 g/mol. The first-order chi connectivity index (χ1) is 10.3. The molecule has 2 N–H and O–H groups in total. The van der Waals surface area contributed by atoms with Crippen molar-refractivity contribution in [2.45, 2.75) is 18.4 Å². The molecule has 0 fully saturated rings. The molecule has 0 atom stereocenters. The van der Waals surface area contributed by atoms with E-state index < -0.39 is 36.0 Å². The van der Waals surface area contributed by atoms with Gasteiger partial charge in [0, 0.05) is 5.69 Å². The summed E-state index contributed by atoms with van der Waals surface area (Å²) in [5.41, 5.74) is -0.844. The van der Waals surface area contributed by atoms with Gasteiger partial charge in [0.25, 0.3) is 0 Å². The van der Waals surface area contributed by atoms with Crippen LogP contribution in [-0.4, -0.2) is 35.4 Å². The zero-order valence-electron chi connectivity index (χ0n) is 10.6. The van der Waals surface area contributed by atoms with Crippen LogP contribution >= 0.6 is 0 Å². The number of anilines is 1. The normalized spacial score (nSPS) is 12.8. The molecule has 0 aromatic heterocycles. The van der Waals surface area contributed by atoms with Gasteiger partial charge < -0.3 is 10.4 Å². The summed E-state index contributed by atoms with van der Waals surface area (Å²) in [4.78, 5) is 21.6. The molecule has 0 saturated heterocycles. The molecule has 5 nitrogen and oxygen atoms in total. The van der Waals surface area contributed by atoms with Crippen LogP contribution in [0.2, 0.25) is 0 Å². The fourth-order valence-corrected chi connectivity index (χ4v) is 1.25. The molecule has 0 aliphatic heterocycles. The molecule has 1 aromatic carbocycles. The molecule has 0 saturated carbocycles. The Balaban J connectivity index is 2.92. The number of benzene rings is 1. The number of alkyl halides is 7. The number of hydrogen-bond donors (Lipinski definition) is 2. The van der Waals surface area contributed by atoms with Crippen molar-refractivity contribution in [3.63, 3.8) is 0 Å². The zero-order valence-corrected chi connectivity index (χ0v) is 10.6. The Morgan fingerprint density at radius 3 is 1.83 bits per heavy atom. The van der Waals surface area contributed by atoms with E-state index >= 15 is 0 Å². The average molecular weight is 349 g/mol. The third-order valence-corrected chi connectivity index (χ3v) is 2.28. The van der Waals surface area contributed by atoms with E-state index in [1.807, 2.05) is 4.74 Å². The minimum Gasteiger partial charge on any atom is -0.478 e. The molecule has 0 heterocycles. The van der Waals surface area contributed by atoms with E-state index in [1.54, 1.807) is 0 Å². The van der Waals surface area contributed by atoms with Crippen molar-refractivity contribution >= 4 is 17.6 Å². The molecule has 0 spiro atoms. The Labute approximate surface area is 122 Å². The van der Waals surface area contributed by atoms with E-state index in [9.17, 15) is 40.3 Å². The monoisotopic (exact) mass is 349 g/mol. The van der Waals surface area contributed by atoms with Crippen LogP contribution in [0.15, 0.2) is 24.3 Å². The van der Waals surface area contributed by atoms with E-state index in [0.29, 0.717) is 0 Å². The van der Waals surface area contributed by atoms with Gasteiger partial charge in [-0.15, -0.1) is 13.2 Å². The molecular formula is C11H6F7NO4. The summed E-state index contributed by atoms with van der Waals surface area (Å²) in [5, 5.41) is 9.80. The Morgan fingerprint density at radius 2 is 1.43 bits per heavy atom. The number of carboxylic acids is 1. The summed E-state index contributed by atoms with van der Waals surface area (Å²) in [5.74, 6) is -10.00. The van der Waals surface area contributed by atoms with Crippen molar-refractivity contribution in [3.05, 3.63) is 29.8 Å². The summed E-state index contributed by atoms with van der Waals surface area (Å²) >= 11 is 0. The van der Waals surface area contributed by atoms with Crippen molar-refractivity contribution in [2.75, 3.05) is 5.32 Å². The van der Waals surface area contributed by atoms with Crippen molar-refractivity contribution < 1.29 is 50.2 Å².